The van der Waals surface area contributed by atoms with Gasteiger partial charge in [-0.1, -0.05) is 0 Å². The molecule has 0 aromatic heterocycles. The van der Waals surface area contributed by atoms with Gasteiger partial charge in [-0.15, -0.1) is 0 Å². The van der Waals surface area contributed by atoms with E-state index in [9.17, 15) is 9.13 Å². The van der Waals surface area contributed by atoms with Gasteiger partial charge in [0.2, 0.25) is 0 Å². The molecular formula is C4H8Cl6O3P2. The molecule has 1 aliphatic rings. The normalized spacial score (nSPS) is 15.9. The molecule has 0 radical (unpaired) electrons. The fourth-order valence-corrected chi connectivity index (χ4v) is 0.510. The van der Waals surface area contributed by atoms with E-state index >= 15 is 0 Å². The van der Waals surface area contributed by atoms with Crippen LogP contribution in [0.1, 0.15) is 12.8 Å². The lowest BCUT2D eigenvalue weighted by Crippen LogP contribution is -1.74. The van der Waals surface area contributed by atoms with E-state index in [-0.39, 0.29) is 0 Å². The van der Waals surface area contributed by atoms with Crippen molar-refractivity contribution in [1.82, 2.24) is 0 Å². The minimum atomic E-state index is -3.22. The van der Waals surface area contributed by atoms with Gasteiger partial charge in [0.1, 0.15) is 0 Å². The van der Waals surface area contributed by atoms with Gasteiger partial charge in [0.05, 0.1) is 0 Å². The molecule has 1 rings (SSSR count). The van der Waals surface area contributed by atoms with Gasteiger partial charge in [0.15, 0.2) is 0 Å². The molecule has 11 heteroatoms. The summed E-state index contributed by atoms with van der Waals surface area (Å²) in [5, 5.41) is -6.44. The summed E-state index contributed by atoms with van der Waals surface area (Å²) in [5.41, 5.74) is 0. The molecule has 1 heterocycles. The molecule has 1 saturated heterocycles. The highest BCUT2D eigenvalue weighted by Gasteiger charge is 2.03. The molecule has 1 fully saturated rings. The highest BCUT2D eigenvalue weighted by atomic mass is 36.1. The smallest absolute Gasteiger partial charge is 0.339 e. The van der Waals surface area contributed by atoms with Crippen LogP contribution in [0, 0.1) is 0 Å². The Balaban J connectivity index is 0. The molecule has 0 N–H and O–H groups in total. The Morgan fingerprint density at radius 1 is 0.733 bits per heavy atom. The summed E-state index contributed by atoms with van der Waals surface area (Å²) in [6.07, 6.45) is 2.56. The topological polar surface area (TPSA) is 43.4 Å². The van der Waals surface area contributed by atoms with Crippen LogP contribution in [0.3, 0.4) is 0 Å². The summed E-state index contributed by atoms with van der Waals surface area (Å²) >= 11 is 27.7. The van der Waals surface area contributed by atoms with E-state index in [0.717, 1.165) is 13.2 Å². The van der Waals surface area contributed by atoms with Crippen molar-refractivity contribution < 1.29 is 13.9 Å². The van der Waals surface area contributed by atoms with Crippen LogP contribution in [0.25, 0.3) is 0 Å². The van der Waals surface area contributed by atoms with Crippen LogP contribution in [0.2, 0.25) is 0 Å². The quantitative estimate of drug-likeness (QED) is 0.457. The maximum Gasteiger partial charge on any atom is 0.339 e. The third-order valence-corrected chi connectivity index (χ3v) is 0.827. The van der Waals surface area contributed by atoms with Crippen LogP contribution in [0.4, 0.5) is 0 Å². The first-order chi connectivity index (χ1) is 6.50. The summed E-state index contributed by atoms with van der Waals surface area (Å²) in [5.74, 6) is 0. The molecule has 1 aliphatic heterocycles. The molecule has 0 aromatic carbocycles. The van der Waals surface area contributed by atoms with Gasteiger partial charge in [-0.2, -0.15) is 0 Å². The zero-order chi connectivity index (χ0) is 12.5. The predicted molar refractivity (Wildman–Crippen MR) is 70.4 cm³/mol. The Morgan fingerprint density at radius 2 is 0.933 bits per heavy atom. The van der Waals surface area contributed by atoms with Gasteiger partial charge in [0, 0.05) is 13.2 Å². The van der Waals surface area contributed by atoms with Crippen LogP contribution in [0.15, 0.2) is 0 Å². The van der Waals surface area contributed by atoms with Crippen LogP contribution in [-0.4, -0.2) is 13.2 Å². The number of hydrogen-bond donors (Lipinski definition) is 0. The Labute approximate surface area is 117 Å². The molecule has 0 saturated carbocycles. The van der Waals surface area contributed by atoms with Gasteiger partial charge in [-0.3, -0.25) is 9.13 Å². The van der Waals surface area contributed by atoms with E-state index in [1.807, 2.05) is 0 Å². The second-order valence-corrected chi connectivity index (χ2v) is 15.4. The standard InChI is InChI=1S/C4H8O.2Cl3OP/c1-2-4-5-3-1;2*1-5(2,3)4/h1-4H2;;. The summed E-state index contributed by atoms with van der Waals surface area (Å²) in [4.78, 5) is 0. The van der Waals surface area contributed by atoms with E-state index in [1.54, 1.807) is 0 Å². The fourth-order valence-electron chi connectivity index (χ4n) is 0.510. The summed E-state index contributed by atoms with van der Waals surface area (Å²) in [7, 11) is 0. The summed E-state index contributed by atoms with van der Waals surface area (Å²) in [6, 6.07) is 0. The third kappa shape index (κ3) is 63.2. The molecular weight excluding hydrogens is 371 g/mol. The van der Waals surface area contributed by atoms with Gasteiger partial charge < -0.3 is 4.74 Å². The van der Waals surface area contributed by atoms with Crippen LogP contribution in [0.5, 0.6) is 0 Å². The monoisotopic (exact) mass is 376 g/mol. The molecule has 0 amide bonds. The first-order valence-electron chi connectivity index (χ1n) is 3.46. The molecule has 0 aliphatic carbocycles. The molecule has 0 bridgehead atoms. The molecule has 15 heavy (non-hydrogen) atoms. The molecule has 0 atom stereocenters. The zero-order valence-electron chi connectivity index (χ0n) is 7.22. The van der Waals surface area contributed by atoms with Crippen LogP contribution < -0.4 is 0 Å². The lowest BCUT2D eigenvalue weighted by atomic mass is 10.4. The van der Waals surface area contributed by atoms with Gasteiger partial charge >= 0.3 is 10.4 Å². The average Bonchev–Trinajstić information content (AvgIpc) is 2.28. The van der Waals surface area contributed by atoms with E-state index in [1.165, 1.54) is 12.8 Å². The zero-order valence-corrected chi connectivity index (χ0v) is 13.5. The first-order valence-corrected chi connectivity index (χ1v) is 12.3. The van der Waals surface area contributed by atoms with Crippen molar-refractivity contribution in [2.24, 2.45) is 0 Å². The van der Waals surface area contributed by atoms with E-state index in [0.29, 0.717) is 0 Å². The molecule has 0 spiro atoms. The Morgan fingerprint density at radius 3 is 1.00 bits per heavy atom. The Hall–Kier alpha value is 2.16. The fraction of sp³-hybridized carbons (Fsp3) is 1.00. The largest absolute Gasteiger partial charge is 0.381 e. The number of ether oxygens (including phenoxy) is 1. The maximum atomic E-state index is 9.51. The number of rotatable bonds is 0. The van der Waals surface area contributed by atoms with Crippen LogP contribution in [-0.2, 0) is 13.9 Å². The average molecular weight is 379 g/mol. The molecule has 3 nitrogen and oxygen atoms in total. The Bertz CT molecular complexity index is 188. The van der Waals surface area contributed by atoms with Crippen molar-refractivity contribution in [2.45, 2.75) is 12.8 Å². The van der Waals surface area contributed by atoms with Gasteiger partial charge in [-0.05, 0) is 80.3 Å². The molecule has 0 aromatic rings. The van der Waals surface area contributed by atoms with Crippen molar-refractivity contribution in [1.29, 1.82) is 0 Å². The lowest BCUT2D eigenvalue weighted by Gasteiger charge is -1.76. The highest BCUT2D eigenvalue weighted by molar-refractivity contribution is 8.25. The number of hydrogen-bond acceptors (Lipinski definition) is 3. The second-order valence-electron chi connectivity index (χ2n) is 2.12. The van der Waals surface area contributed by atoms with Crippen molar-refractivity contribution in [3.8, 4) is 0 Å². The number of halogens is 6. The molecule has 94 valence electrons. The predicted octanol–water partition coefficient (Wildman–Crippen LogP) is 6.42. The molecule has 0 unspecified atom stereocenters. The highest BCUT2D eigenvalue weighted by Crippen LogP contribution is 2.61. The van der Waals surface area contributed by atoms with Crippen molar-refractivity contribution >= 4 is 77.8 Å². The van der Waals surface area contributed by atoms with Crippen molar-refractivity contribution in [3.05, 3.63) is 0 Å². The van der Waals surface area contributed by atoms with E-state index < -0.39 is 10.4 Å². The van der Waals surface area contributed by atoms with Crippen molar-refractivity contribution in [2.75, 3.05) is 13.2 Å². The first kappa shape index (κ1) is 19.5. The SMILES string of the molecule is C1CCOC1.O=P(Cl)(Cl)Cl.O=P(Cl)(Cl)Cl. The van der Waals surface area contributed by atoms with E-state index in [4.69, 9.17) is 4.74 Å². The van der Waals surface area contributed by atoms with Gasteiger partial charge in [-0.25, -0.2) is 0 Å². The van der Waals surface area contributed by atoms with Crippen molar-refractivity contribution in [3.63, 3.8) is 0 Å². The summed E-state index contributed by atoms with van der Waals surface area (Å²) < 4.78 is 24.0. The minimum absolute atomic E-state index is 1.00. The maximum absolute atomic E-state index is 9.51. The second kappa shape index (κ2) is 10.1. The van der Waals surface area contributed by atoms with Gasteiger partial charge in [0.25, 0.3) is 0 Å². The van der Waals surface area contributed by atoms with E-state index in [2.05, 4.69) is 67.4 Å². The minimum Gasteiger partial charge on any atom is -0.381 e. The Kier molecular flexibility index (Phi) is 13.2. The lowest BCUT2D eigenvalue weighted by molar-refractivity contribution is 0.198. The third-order valence-electron chi connectivity index (χ3n) is 0.827. The summed E-state index contributed by atoms with van der Waals surface area (Å²) in [6.45, 7) is 2.00. The van der Waals surface area contributed by atoms with Crippen LogP contribution >= 0.6 is 77.8 Å².